The van der Waals surface area contributed by atoms with E-state index in [-0.39, 0.29) is 5.91 Å². The van der Waals surface area contributed by atoms with E-state index in [2.05, 4.69) is 15.2 Å². The van der Waals surface area contributed by atoms with Crippen molar-refractivity contribution in [3.8, 4) is 0 Å². The third kappa shape index (κ3) is 3.74. The molecule has 1 N–H and O–H groups in total. The number of hydrogen-bond acceptors (Lipinski definition) is 3. The van der Waals surface area contributed by atoms with E-state index in [9.17, 15) is 4.79 Å². The molecule has 0 aromatic carbocycles. The molecule has 2 aliphatic carbocycles. The predicted octanol–water partition coefficient (Wildman–Crippen LogP) is 2.58. The van der Waals surface area contributed by atoms with Crippen molar-refractivity contribution in [1.82, 2.24) is 15.1 Å². The minimum Gasteiger partial charge on any atom is -0.459 e. The van der Waals surface area contributed by atoms with Gasteiger partial charge in [0.05, 0.1) is 6.26 Å². The molecule has 1 aromatic rings. The van der Waals surface area contributed by atoms with Gasteiger partial charge in [-0.25, -0.2) is 0 Å². The van der Waals surface area contributed by atoms with Crippen LogP contribution < -0.4 is 5.32 Å². The first-order chi connectivity index (χ1) is 12.8. The van der Waals surface area contributed by atoms with Gasteiger partial charge in [0.2, 0.25) is 0 Å². The number of nitrogens with zero attached hydrogens (tertiary/aromatic N) is 3. The smallest absolute Gasteiger partial charge is 0.289 e. The maximum atomic E-state index is 12.4. The van der Waals surface area contributed by atoms with Crippen LogP contribution in [0.1, 0.15) is 49.1 Å². The minimum atomic E-state index is -0.0165. The van der Waals surface area contributed by atoms with E-state index in [1.165, 1.54) is 38.5 Å². The average molecular weight is 358 g/mol. The molecule has 6 heteroatoms. The van der Waals surface area contributed by atoms with E-state index >= 15 is 0 Å². The van der Waals surface area contributed by atoms with Gasteiger partial charge in [-0.2, -0.15) is 0 Å². The molecule has 4 rings (SSSR count). The summed E-state index contributed by atoms with van der Waals surface area (Å²) in [7, 11) is 1.86. The SMILES string of the molecule is CN=C(NC1CC1C1CCCCC1)N1CCN(C(=O)c2ccco2)CC1. The number of carbonyl (C=O) groups is 1. The van der Waals surface area contributed by atoms with Crippen molar-refractivity contribution < 1.29 is 9.21 Å². The summed E-state index contributed by atoms with van der Waals surface area (Å²) in [5.74, 6) is 3.17. The first-order valence-corrected chi connectivity index (χ1v) is 10.1. The number of rotatable bonds is 3. The Bertz CT molecular complexity index is 628. The van der Waals surface area contributed by atoms with Crippen LogP contribution in [-0.2, 0) is 0 Å². The number of hydrogen-bond donors (Lipinski definition) is 1. The summed E-state index contributed by atoms with van der Waals surface area (Å²) in [6.45, 7) is 3.04. The molecule has 2 saturated carbocycles. The van der Waals surface area contributed by atoms with Gasteiger partial charge in [0.1, 0.15) is 0 Å². The summed E-state index contributed by atoms with van der Waals surface area (Å²) in [5.41, 5.74) is 0. The Morgan fingerprint density at radius 3 is 2.54 bits per heavy atom. The van der Waals surface area contributed by atoms with Crippen molar-refractivity contribution in [3.63, 3.8) is 0 Å². The molecule has 0 spiro atoms. The van der Waals surface area contributed by atoms with Crippen molar-refractivity contribution in [3.05, 3.63) is 24.2 Å². The fraction of sp³-hybridized carbons (Fsp3) is 0.700. The Labute approximate surface area is 155 Å². The number of aliphatic imine (C=N–C) groups is 1. The van der Waals surface area contributed by atoms with E-state index in [1.54, 1.807) is 18.4 Å². The Hall–Kier alpha value is -1.98. The number of amides is 1. The third-order valence-corrected chi connectivity index (χ3v) is 6.22. The summed E-state index contributed by atoms with van der Waals surface area (Å²) in [6, 6.07) is 4.08. The molecule has 2 atom stereocenters. The summed E-state index contributed by atoms with van der Waals surface area (Å²) in [5, 5.41) is 3.68. The van der Waals surface area contributed by atoms with E-state index in [1.807, 2.05) is 11.9 Å². The second-order valence-corrected chi connectivity index (χ2v) is 7.85. The molecule has 6 nitrogen and oxygen atoms in total. The average Bonchev–Trinajstić information content (AvgIpc) is 3.25. The number of piperazine rings is 1. The van der Waals surface area contributed by atoms with Crippen LogP contribution >= 0.6 is 0 Å². The van der Waals surface area contributed by atoms with Gasteiger partial charge in [-0.1, -0.05) is 32.1 Å². The maximum absolute atomic E-state index is 12.4. The molecule has 0 bridgehead atoms. The first-order valence-electron chi connectivity index (χ1n) is 10.1. The van der Waals surface area contributed by atoms with Crippen molar-refractivity contribution in [1.29, 1.82) is 0 Å². The molecular formula is C20H30N4O2. The van der Waals surface area contributed by atoms with Gasteiger partial charge in [0.15, 0.2) is 11.7 Å². The van der Waals surface area contributed by atoms with E-state index in [4.69, 9.17) is 4.42 Å². The molecule has 3 fully saturated rings. The highest BCUT2D eigenvalue weighted by Gasteiger charge is 2.44. The number of nitrogens with one attached hydrogen (secondary N) is 1. The van der Waals surface area contributed by atoms with E-state index in [0.29, 0.717) is 24.9 Å². The monoisotopic (exact) mass is 358 g/mol. The second-order valence-electron chi connectivity index (χ2n) is 7.85. The molecule has 26 heavy (non-hydrogen) atoms. The molecule has 2 heterocycles. The molecule has 1 aromatic heterocycles. The van der Waals surface area contributed by atoms with Gasteiger partial charge in [0.25, 0.3) is 5.91 Å². The largest absolute Gasteiger partial charge is 0.459 e. The molecule has 1 amide bonds. The Morgan fingerprint density at radius 2 is 1.88 bits per heavy atom. The number of carbonyl (C=O) groups excluding carboxylic acids is 1. The van der Waals surface area contributed by atoms with Crippen LogP contribution in [0.4, 0.5) is 0 Å². The van der Waals surface area contributed by atoms with Gasteiger partial charge < -0.3 is 19.5 Å². The topological polar surface area (TPSA) is 61.1 Å². The van der Waals surface area contributed by atoms with Gasteiger partial charge in [-0.15, -0.1) is 0 Å². The zero-order chi connectivity index (χ0) is 17.9. The van der Waals surface area contributed by atoms with Crippen LogP contribution in [0.15, 0.2) is 27.8 Å². The zero-order valence-corrected chi connectivity index (χ0v) is 15.7. The minimum absolute atomic E-state index is 0.0165. The Balaban J connectivity index is 1.26. The highest BCUT2D eigenvalue weighted by atomic mass is 16.3. The Kier molecular flexibility index (Phi) is 5.18. The van der Waals surface area contributed by atoms with Gasteiger partial charge in [-0.05, 0) is 30.4 Å². The molecule has 0 radical (unpaired) electrons. The summed E-state index contributed by atoms with van der Waals surface area (Å²) < 4.78 is 5.23. The summed E-state index contributed by atoms with van der Waals surface area (Å²) in [6.07, 6.45) is 9.91. The number of guanidine groups is 1. The predicted molar refractivity (Wildman–Crippen MR) is 101 cm³/mol. The van der Waals surface area contributed by atoms with Crippen LogP contribution in [0.3, 0.4) is 0 Å². The van der Waals surface area contributed by atoms with Crippen molar-refractivity contribution >= 4 is 11.9 Å². The lowest BCUT2D eigenvalue weighted by atomic mass is 9.85. The molecule has 142 valence electrons. The van der Waals surface area contributed by atoms with E-state index < -0.39 is 0 Å². The van der Waals surface area contributed by atoms with Gasteiger partial charge in [0, 0.05) is 39.3 Å². The van der Waals surface area contributed by atoms with Crippen LogP contribution in [0.5, 0.6) is 0 Å². The lowest BCUT2D eigenvalue weighted by molar-refractivity contribution is 0.0657. The highest BCUT2D eigenvalue weighted by molar-refractivity contribution is 5.91. The zero-order valence-electron chi connectivity index (χ0n) is 15.7. The highest BCUT2D eigenvalue weighted by Crippen LogP contribution is 2.44. The molecule has 2 unspecified atom stereocenters. The van der Waals surface area contributed by atoms with Crippen LogP contribution in [0.25, 0.3) is 0 Å². The lowest BCUT2D eigenvalue weighted by Crippen LogP contribution is -2.54. The number of furan rings is 1. The fourth-order valence-electron chi connectivity index (χ4n) is 4.60. The second kappa shape index (κ2) is 7.72. The molecule has 1 aliphatic heterocycles. The van der Waals surface area contributed by atoms with Gasteiger partial charge >= 0.3 is 0 Å². The maximum Gasteiger partial charge on any atom is 0.289 e. The van der Waals surface area contributed by atoms with Crippen LogP contribution in [0, 0.1) is 11.8 Å². The quantitative estimate of drug-likeness (QED) is 0.666. The fourth-order valence-corrected chi connectivity index (χ4v) is 4.60. The van der Waals surface area contributed by atoms with Crippen molar-refractivity contribution in [2.24, 2.45) is 16.8 Å². The van der Waals surface area contributed by atoms with E-state index in [0.717, 1.165) is 30.9 Å². The Morgan fingerprint density at radius 1 is 1.15 bits per heavy atom. The van der Waals surface area contributed by atoms with Crippen molar-refractivity contribution in [2.45, 2.75) is 44.6 Å². The first kappa shape index (κ1) is 17.4. The van der Waals surface area contributed by atoms with Gasteiger partial charge in [-0.3, -0.25) is 9.79 Å². The third-order valence-electron chi connectivity index (χ3n) is 6.22. The summed E-state index contributed by atoms with van der Waals surface area (Å²) >= 11 is 0. The lowest BCUT2D eigenvalue weighted by Gasteiger charge is -2.36. The van der Waals surface area contributed by atoms with Crippen LogP contribution in [0.2, 0.25) is 0 Å². The molecular weight excluding hydrogens is 328 g/mol. The van der Waals surface area contributed by atoms with Crippen LogP contribution in [-0.4, -0.2) is 60.9 Å². The summed E-state index contributed by atoms with van der Waals surface area (Å²) in [4.78, 5) is 21.0. The van der Waals surface area contributed by atoms with Crippen molar-refractivity contribution in [2.75, 3.05) is 33.2 Å². The normalized spacial score (nSPS) is 27.5. The molecule has 3 aliphatic rings. The standard InChI is InChI=1S/C20H30N4O2/c1-21-20(22-17-14-16(17)15-6-3-2-4-7-15)24-11-9-23(10-12-24)19(25)18-8-5-13-26-18/h5,8,13,15-17H,2-4,6-7,9-12,14H2,1H3,(H,21,22). The molecule has 1 saturated heterocycles.